The maximum absolute atomic E-state index is 12.7. The molecule has 2 aromatic rings. The summed E-state index contributed by atoms with van der Waals surface area (Å²) >= 11 is 0. The monoisotopic (exact) mass is 324 g/mol. The highest BCUT2D eigenvalue weighted by molar-refractivity contribution is 5.92. The van der Waals surface area contributed by atoms with Gasteiger partial charge in [-0.3, -0.25) is 4.79 Å². The third-order valence-corrected chi connectivity index (χ3v) is 4.55. The molecule has 0 radical (unpaired) electrons. The first-order valence-electron chi connectivity index (χ1n) is 8.68. The lowest BCUT2D eigenvalue weighted by Crippen LogP contribution is -2.43. The molecule has 24 heavy (non-hydrogen) atoms. The summed E-state index contributed by atoms with van der Waals surface area (Å²) in [6, 6.07) is 10.5. The van der Waals surface area contributed by atoms with Crippen LogP contribution in [0, 0.1) is 0 Å². The summed E-state index contributed by atoms with van der Waals surface area (Å²) in [6.45, 7) is 3.65. The highest BCUT2D eigenvalue weighted by Crippen LogP contribution is 2.21. The first kappa shape index (κ1) is 16.4. The van der Waals surface area contributed by atoms with Gasteiger partial charge in [-0.15, -0.1) is 0 Å². The van der Waals surface area contributed by atoms with Gasteiger partial charge in [-0.25, -0.2) is 9.97 Å². The van der Waals surface area contributed by atoms with Crippen LogP contribution >= 0.6 is 0 Å². The number of amides is 1. The Morgan fingerprint density at radius 3 is 2.75 bits per heavy atom. The Bertz CT molecular complexity index is 657. The fourth-order valence-electron chi connectivity index (χ4n) is 3.16. The van der Waals surface area contributed by atoms with Crippen molar-refractivity contribution in [1.29, 1.82) is 0 Å². The molecule has 1 saturated heterocycles. The van der Waals surface area contributed by atoms with Crippen molar-refractivity contribution < 1.29 is 4.79 Å². The Morgan fingerprint density at radius 2 is 2.04 bits per heavy atom. The molecule has 126 valence electrons. The Balaban J connectivity index is 1.62. The number of nitrogens with one attached hydrogen (secondary N) is 1. The minimum Gasteiger partial charge on any atom is -0.365 e. The van der Waals surface area contributed by atoms with Gasteiger partial charge in [0.2, 0.25) is 0 Å². The Morgan fingerprint density at radius 1 is 1.21 bits per heavy atom. The molecule has 0 aliphatic carbocycles. The third kappa shape index (κ3) is 3.91. The molecule has 3 rings (SSSR count). The highest BCUT2D eigenvalue weighted by Gasteiger charge is 2.26. The van der Waals surface area contributed by atoms with Crippen molar-refractivity contribution >= 4 is 11.7 Å². The van der Waals surface area contributed by atoms with E-state index in [9.17, 15) is 4.79 Å². The second kappa shape index (κ2) is 7.90. The fourth-order valence-corrected chi connectivity index (χ4v) is 3.16. The molecular weight excluding hydrogens is 300 g/mol. The van der Waals surface area contributed by atoms with Crippen LogP contribution in [0.4, 0.5) is 5.82 Å². The van der Waals surface area contributed by atoms with Gasteiger partial charge in [0.15, 0.2) is 0 Å². The van der Waals surface area contributed by atoms with Gasteiger partial charge in [-0.2, -0.15) is 0 Å². The van der Waals surface area contributed by atoms with Gasteiger partial charge in [-0.1, -0.05) is 37.3 Å². The second-order valence-electron chi connectivity index (χ2n) is 6.18. The number of nitrogens with zero attached hydrogens (tertiary/aromatic N) is 3. The number of piperidine rings is 1. The van der Waals surface area contributed by atoms with Crippen molar-refractivity contribution in [2.24, 2.45) is 0 Å². The van der Waals surface area contributed by atoms with Gasteiger partial charge in [0.1, 0.15) is 11.5 Å². The van der Waals surface area contributed by atoms with Crippen LogP contribution in [-0.2, 0) is 6.54 Å². The van der Waals surface area contributed by atoms with Crippen molar-refractivity contribution in [2.75, 3.05) is 11.9 Å². The summed E-state index contributed by atoms with van der Waals surface area (Å²) in [5.41, 5.74) is 1.61. The SMILES string of the molecule is CCC1CCCCN1C(=O)c1cnc(NCc2ccccc2)cn1. The van der Waals surface area contributed by atoms with Gasteiger partial charge in [0.25, 0.3) is 5.91 Å². The van der Waals surface area contributed by atoms with E-state index in [0.717, 1.165) is 25.8 Å². The number of carbonyl (C=O) groups excluding carboxylic acids is 1. The molecule has 1 amide bonds. The molecule has 5 nitrogen and oxygen atoms in total. The Hall–Kier alpha value is -2.43. The number of anilines is 1. The quantitative estimate of drug-likeness (QED) is 0.914. The summed E-state index contributed by atoms with van der Waals surface area (Å²) in [5.74, 6) is 0.685. The number of benzene rings is 1. The van der Waals surface area contributed by atoms with Gasteiger partial charge in [0.05, 0.1) is 12.4 Å². The van der Waals surface area contributed by atoms with Gasteiger partial charge >= 0.3 is 0 Å². The van der Waals surface area contributed by atoms with Crippen molar-refractivity contribution in [1.82, 2.24) is 14.9 Å². The summed E-state index contributed by atoms with van der Waals surface area (Å²) in [4.78, 5) is 23.3. The fraction of sp³-hybridized carbons (Fsp3) is 0.421. The molecule has 1 aliphatic rings. The minimum atomic E-state index is 0.00339. The second-order valence-corrected chi connectivity index (χ2v) is 6.18. The van der Waals surface area contributed by atoms with Gasteiger partial charge in [-0.05, 0) is 31.2 Å². The molecule has 0 spiro atoms. The number of rotatable bonds is 5. The molecular formula is C19H24N4O. The molecule has 1 aromatic heterocycles. The third-order valence-electron chi connectivity index (χ3n) is 4.55. The summed E-state index contributed by atoms with van der Waals surface area (Å²) in [6.07, 6.45) is 7.59. The molecule has 1 N–H and O–H groups in total. The van der Waals surface area contributed by atoms with Crippen LogP contribution in [0.25, 0.3) is 0 Å². The normalized spacial score (nSPS) is 17.5. The van der Waals surface area contributed by atoms with E-state index < -0.39 is 0 Å². The maximum atomic E-state index is 12.7. The van der Waals surface area contributed by atoms with E-state index in [1.165, 1.54) is 12.0 Å². The molecule has 1 aliphatic heterocycles. The lowest BCUT2D eigenvalue weighted by molar-refractivity contribution is 0.0601. The van der Waals surface area contributed by atoms with Crippen LogP contribution < -0.4 is 5.32 Å². The first-order chi connectivity index (χ1) is 11.8. The van der Waals surface area contributed by atoms with E-state index in [4.69, 9.17) is 0 Å². The zero-order chi connectivity index (χ0) is 16.8. The van der Waals surface area contributed by atoms with E-state index in [0.29, 0.717) is 24.1 Å². The molecule has 0 saturated carbocycles. The predicted octanol–water partition coefficient (Wildman–Crippen LogP) is 3.49. The zero-order valence-corrected chi connectivity index (χ0v) is 14.1. The Kier molecular flexibility index (Phi) is 5.41. The zero-order valence-electron chi connectivity index (χ0n) is 14.1. The van der Waals surface area contributed by atoms with E-state index in [2.05, 4.69) is 34.3 Å². The average molecular weight is 324 g/mol. The van der Waals surface area contributed by atoms with Crippen LogP contribution in [0.5, 0.6) is 0 Å². The molecule has 0 bridgehead atoms. The predicted molar refractivity (Wildman–Crippen MR) is 94.8 cm³/mol. The standard InChI is InChI=1S/C19H24N4O/c1-2-16-10-6-7-11-23(16)19(24)17-13-22-18(14-20-17)21-12-15-8-4-3-5-9-15/h3-5,8-9,13-14,16H,2,6-7,10-12H2,1H3,(H,21,22). The smallest absolute Gasteiger partial charge is 0.274 e. The average Bonchev–Trinajstić information content (AvgIpc) is 2.67. The van der Waals surface area contributed by atoms with Crippen molar-refractivity contribution in [3.8, 4) is 0 Å². The lowest BCUT2D eigenvalue weighted by atomic mass is 10.00. The van der Waals surface area contributed by atoms with Crippen LogP contribution in [0.15, 0.2) is 42.7 Å². The molecule has 5 heteroatoms. The first-order valence-corrected chi connectivity index (χ1v) is 8.68. The van der Waals surface area contributed by atoms with Gasteiger partial charge in [0, 0.05) is 19.1 Å². The number of likely N-dealkylation sites (tertiary alicyclic amines) is 1. The number of carbonyl (C=O) groups is 1. The number of aromatic nitrogens is 2. The minimum absolute atomic E-state index is 0.00339. The van der Waals surface area contributed by atoms with Crippen LogP contribution in [0.1, 0.15) is 48.7 Å². The Labute approximate surface area is 143 Å². The van der Waals surface area contributed by atoms with E-state index >= 15 is 0 Å². The highest BCUT2D eigenvalue weighted by atomic mass is 16.2. The molecule has 1 unspecified atom stereocenters. The van der Waals surface area contributed by atoms with Crippen LogP contribution in [-0.4, -0.2) is 33.4 Å². The summed E-state index contributed by atoms with van der Waals surface area (Å²) < 4.78 is 0. The topological polar surface area (TPSA) is 58.1 Å². The summed E-state index contributed by atoms with van der Waals surface area (Å²) in [7, 11) is 0. The van der Waals surface area contributed by atoms with Gasteiger partial charge < -0.3 is 10.2 Å². The molecule has 2 heterocycles. The lowest BCUT2D eigenvalue weighted by Gasteiger charge is -2.34. The molecule has 1 aromatic carbocycles. The summed E-state index contributed by atoms with van der Waals surface area (Å²) in [5, 5.41) is 3.23. The van der Waals surface area contributed by atoms with Crippen LogP contribution in [0.2, 0.25) is 0 Å². The largest absolute Gasteiger partial charge is 0.365 e. The molecule has 1 atom stereocenters. The number of hydrogen-bond donors (Lipinski definition) is 1. The number of hydrogen-bond acceptors (Lipinski definition) is 4. The molecule has 1 fully saturated rings. The maximum Gasteiger partial charge on any atom is 0.274 e. The van der Waals surface area contributed by atoms with Crippen LogP contribution in [0.3, 0.4) is 0 Å². The van der Waals surface area contributed by atoms with Crippen molar-refractivity contribution in [2.45, 2.75) is 45.2 Å². The van der Waals surface area contributed by atoms with E-state index in [-0.39, 0.29) is 5.91 Å². The van der Waals surface area contributed by atoms with Crippen molar-refractivity contribution in [3.63, 3.8) is 0 Å². The van der Waals surface area contributed by atoms with Crippen molar-refractivity contribution in [3.05, 3.63) is 54.0 Å². The van der Waals surface area contributed by atoms with E-state index in [1.807, 2.05) is 23.1 Å². The van der Waals surface area contributed by atoms with E-state index in [1.54, 1.807) is 12.4 Å².